The molecule has 2 heterocycles. The molecule has 0 aliphatic carbocycles. The summed E-state index contributed by atoms with van der Waals surface area (Å²) in [6.45, 7) is 3.51. The highest BCUT2D eigenvalue weighted by molar-refractivity contribution is 7.11. The van der Waals surface area contributed by atoms with Gasteiger partial charge in [0, 0.05) is 43.2 Å². The minimum absolute atomic E-state index is 0.0495. The van der Waals surface area contributed by atoms with Crippen LogP contribution in [0.15, 0.2) is 23.3 Å². The van der Waals surface area contributed by atoms with Crippen molar-refractivity contribution in [3.8, 4) is 5.88 Å². The Hall–Kier alpha value is -2.36. The Morgan fingerprint density at radius 2 is 2.07 bits per heavy atom. The van der Waals surface area contributed by atoms with Crippen LogP contribution in [0.25, 0.3) is 0 Å². The molecule has 0 atom stereocenters. The van der Waals surface area contributed by atoms with Crippen molar-refractivity contribution in [1.29, 1.82) is 0 Å². The first-order valence-corrected chi connectivity index (χ1v) is 9.11. The molecule has 2 rings (SSSR count). The Kier molecular flexibility index (Phi) is 7.40. The van der Waals surface area contributed by atoms with E-state index in [1.54, 1.807) is 30.5 Å². The predicted molar refractivity (Wildman–Crippen MR) is 99.3 cm³/mol. The molecule has 2 N–H and O–H groups in total. The lowest BCUT2D eigenvalue weighted by Crippen LogP contribution is -2.38. The molecule has 0 aromatic carbocycles. The average Bonchev–Trinajstić information content (AvgIpc) is 2.94. The third-order valence-electron chi connectivity index (χ3n) is 3.60. The SMILES string of the molecule is CN=C(NCCc1nc(C)c(C)s1)NCc1cccnc1OCC(F)(F)F. The van der Waals surface area contributed by atoms with Gasteiger partial charge in [-0.15, -0.1) is 11.3 Å². The molecule has 10 heteroatoms. The van der Waals surface area contributed by atoms with Crippen LogP contribution in [0.2, 0.25) is 0 Å². The standard InChI is InChI=1S/C17H22F3N5OS/c1-11-12(2)27-14(25-11)6-8-23-16(21-3)24-9-13-5-4-7-22-15(13)26-10-17(18,19)20/h4-5,7H,6,8-10H2,1-3H3,(H2,21,23,24). The lowest BCUT2D eigenvalue weighted by molar-refractivity contribution is -0.154. The molecule has 2 aromatic heterocycles. The molecule has 2 aromatic rings. The van der Waals surface area contributed by atoms with E-state index in [9.17, 15) is 13.2 Å². The average molecular weight is 401 g/mol. The maximum Gasteiger partial charge on any atom is 0.422 e. The smallest absolute Gasteiger partial charge is 0.422 e. The van der Waals surface area contributed by atoms with E-state index in [0.29, 0.717) is 18.1 Å². The van der Waals surface area contributed by atoms with Gasteiger partial charge in [0.25, 0.3) is 0 Å². The van der Waals surface area contributed by atoms with Gasteiger partial charge in [0.05, 0.1) is 10.7 Å². The Labute approximate surface area is 159 Å². The number of alkyl halides is 3. The first-order valence-electron chi connectivity index (χ1n) is 8.29. The summed E-state index contributed by atoms with van der Waals surface area (Å²) in [6, 6.07) is 3.29. The van der Waals surface area contributed by atoms with Crippen molar-refractivity contribution in [3.63, 3.8) is 0 Å². The van der Waals surface area contributed by atoms with Gasteiger partial charge in [-0.3, -0.25) is 4.99 Å². The summed E-state index contributed by atoms with van der Waals surface area (Å²) < 4.78 is 41.8. The van der Waals surface area contributed by atoms with Crippen LogP contribution in [0.5, 0.6) is 5.88 Å². The Morgan fingerprint density at radius 3 is 2.70 bits per heavy atom. The van der Waals surface area contributed by atoms with Gasteiger partial charge in [-0.25, -0.2) is 9.97 Å². The van der Waals surface area contributed by atoms with Crippen molar-refractivity contribution in [2.45, 2.75) is 33.0 Å². The summed E-state index contributed by atoms with van der Waals surface area (Å²) in [4.78, 5) is 13.7. The number of aliphatic imine (C=N–C) groups is 1. The van der Waals surface area contributed by atoms with E-state index in [0.717, 1.165) is 17.1 Å². The number of guanidine groups is 1. The van der Waals surface area contributed by atoms with Gasteiger partial charge in [0.15, 0.2) is 12.6 Å². The number of hydrogen-bond acceptors (Lipinski definition) is 5. The highest BCUT2D eigenvalue weighted by Crippen LogP contribution is 2.20. The summed E-state index contributed by atoms with van der Waals surface area (Å²) in [7, 11) is 1.62. The van der Waals surface area contributed by atoms with Crippen molar-refractivity contribution in [2.75, 3.05) is 20.2 Å². The Bertz CT molecular complexity index is 757. The van der Waals surface area contributed by atoms with E-state index in [1.165, 1.54) is 11.1 Å². The minimum atomic E-state index is -4.41. The molecule has 148 valence electrons. The van der Waals surface area contributed by atoms with Gasteiger partial charge < -0.3 is 15.4 Å². The van der Waals surface area contributed by atoms with E-state index in [1.807, 2.05) is 13.8 Å². The lowest BCUT2D eigenvalue weighted by atomic mass is 10.2. The normalized spacial score (nSPS) is 12.1. The summed E-state index contributed by atoms with van der Waals surface area (Å²) in [5, 5.41) is 7.25. The molecular weight excluding hydrogens is 379 g/mol. The molecule has 0 aliphatic rings. The van der Waals surface area contributed by atoms with Crippen LogP contribution in [-0.4, -0.2) is 42.3 Å². The first kappa shape index (κ1) is 20.9. The molecule has 0 spiro atoms. The maximum atomic E-state index is 12.3. The second kappa shape index (κ2) is 9.54. The number of rotatable bonds is 7. The third-order valence-corrected chi connectivity index (χ3v) is 4.73. The van der Waals surface area contributed by atoms with Crippen LogP contribution in [0.4, 0.5) is 13.2 Å². The van der Waals surface area contributed by atoms with Gasteiger partial charge >= 0.3 is 6.18 Å². The zero-order chi connectivity index (χ0) is 19.9. The molecule has 0 amide bonds. The highest BCUT2D eigenvalue weighted by Gasteiger charge is 2.29. The number of aromatic nitrogens is 2. The Balaban J connectivity index is 1.85. The number of nitrogens with one attached hydrogen (secondary N) is 2. The number of thiazole rings is 1. The summed E-state index contributed by atoms with van der Waals surface area (Å²) in [6.07, 6.45) is -2.26. The molecule has 0 radical (unpaired) electrons. The molecule has 0 bridgehead atoms. The van der Waals surface area contributed by atoms with Crippen LogP contribution in [-0.2, 0) is 13.0 Å². The van der Waals surface area contributed by atoms with Crippen LogP contribution in [0.3, 0.4) is 0 Å². The number of hydrogen-bond donors (Lipinski definition) is 2. The van der Waals surface area contributed by atoms with Crippen molar-refractivity contribution < 1.29 is 17.9 Å². The predicted octanol–water partition coefficient (Wildman–Crippen LogP) is 3.00. The number of aryl methyl sites for hydroxylation is 2. The Morgan fingerprint density at radius 1 is 1.30 bits per heavy atom. The molecule has 0 saturated heterocycles. The van der Waals surface area contributed by atoms with E-state index in [-0.39, 0.29) is 12.4 Å². The molecule has 6 nitrogen and oxygen atoms in total. The third kappa shape index (κ3) is 7.05. The maximum absolute atomic E-state index is 12.3. The monoisotopic (exact) mass is 401 g/mol. The van der Waals surface area contributed by atoms with Gasteiger partial charge in [-0.1, -0.05) is 6.07 Å². The number of ether oxygens (including phenoxy) is 1. The van der Waals surface area contributed by atoms with Gasteiger partial charge in [0.1, 0.15) is 0 Å². The fourth-order valence-electron chi connectivity index (χ4n) is 2.17. The molecule has 0 unspecified atom stereocenters. The topological polar surface area (TPSA) is 71.4 Å². The van der Waals surface area contributed by atoms with Crippen LogP contribution in [0.1, 0.15) is 21.1 Å². The van der Waals surface area contributed by atoms with Crippen LogP contribution < -0.4 is 15.4 Å². The van der Waals surface area contributed by atoms with Crippen molar-refractivity contribution in [3.05, 3.63) is 39.5 Å². The van der Waals surface area contributed by atoms with Crippen molar-refractivity contribution in [1.82, 2.24) is 20.6 Å². The van der Waals surface area contributed by atoms with Crippen molar-refractivity contribution >= 4 is 17.3 Å². The van der Waals surface area contributed by atoms with Gasteiger partial charge in [0.2, 0.25) is 5.88 Å². The van der Waals surface area contributed by atoms with Crippen LogP contribution in [0, 0.1) is 13.8 Å². The fraction of sp³-hybridized carbons (Fsp3) is 0.471. The summed E-state index contributed by atoms with van der Waals surface area (Å²) in [5.41, 5.74) is 1.55. The van der Waals surface area contributed by atoms with E-state index >= 15 is 0 Å². The zero-order valence-corrected chi connectivity index (χ0v) is 16.2. The fourth-order valence-corrected chi connectivity index (χ4v) is 3.11. The second-order valence-electron chi connectivity index (χ2n) is 5.72. The van der Waals surface area contributed by atoms with Gasteiger partial charge in [-0.05, 0) is 19.9 Å². The molecule has 0 aliphatic heterocycles. The van der Waals surface area contributed by atoms with E-state index in [4.69, 9.17) is 4.74 Å². The van der Waals surface area contributed by atoms with Crippen molar-refractivity contribution in [2.24, 2.45) is 4.99 Å². The molecule has 27 heavy (non-hydrogen) atoms. The summed E-state index contributed by atoms with van der Waals surface area (Å²) in [5.74, 6) is 0.483. The van der Waals surface area contributed by atoms with Crippen LogP contribution >= 0.6 is 11.3 Å². The van der Waals surface area contributed by atoms with Gasteiger partial charge in [-0.2, -0.15) is 13.2 Å². The molecule has 0 fully saturated rings. The first-order chi connectivity index (χ1) is 12.8. The molecular formula is C17H22F3N5OS. The number of pyridine rings is 1. The largest absolute Gasteiger partial charge is 0.468 e. The number of nitrogens with zero attached hydrogens (tertiary/aromatic N) is 3. The molecule has 0 saturated carbocycles. The second-order valence-corrected chi connectivity index (χ2v) is 7.01. The van der Waals surface area contributed by atoms with E-state index in [2.05, 4.69) is 25.6 Å². The highest BCUT2D eigenvalue weighted by atomic mass is 32.1. The minimum Gasteiger partial charge on any atom is -0.468 e. The van der Waals surface area contributed by atoms with E-state index < -0.39 is 12.8 Å². The lowest BCUT2D eigenvalue weighted by Gasteiger charge is -2.14. The number of halogens is 3. The summed E-state index contributed by atoms with van der Waals surface area (Å²) >= 11 is 1.67. The zero-order valence-electron chi connectivity index (χ0n) is 15.4. The quantitative estimate of drug-likeness (QED) is 0.551.